The average Bonchev–Trinajstić information content (AvgIpc) is 2.60. The molecule has 2 rings (SSSR count). The average molecular weight is 332 g/mol. The van der Waals surface area contributed by atoms with E-state index >= 15 is 0 Å². The molecule has 0 heterocycles. The Morgan fingerprint density at radius 1 is 1.13 bits per heavy atom. The Morgan fingerprint density at radius 3 is 2.26 bits per heavy atom. The predicted octanol–water partition coefficient (Wildman–Crippen LogP) is 5.12. The number of hydrogen-bond donors (Lipinski definition) is 1. The molecule has 0 radical (unpaired) electrons. The van der Waals surface area contributed by atoms with Crippen molar-refractivity contribution in [1.29, 1.82) is 0 Å². The molecule has 0 saturated carbocycles. The second-order valence-corrected chi connectivity index (χ2v) is 5.95. The van der Waals surface area contributed by atoms with Gasteiger partial charge in [-0.3, -0.25) is 4.79 Å². The molecule has 0 saturated heterocycles. The molecule has 0 aliphatic heterocycles. The van der Waals surface area contributed by atoms with Crippen molar-refractivity contribution in [2.45, 2.75) is 26.3 Å². The van der Waals surface area contributed by atoms with Crippen LogP contribution in [0, 0.1) is 5.92 Å². The monoisotopic (exact) mass is 331 g/mol. The number of Topliss-reactive ketones (excluding diaryl/α,β-unsaturated/α-hetero) is 1. The summed E-state index contributed by atoms with van der Waals surface area (Å²) in [5, 5.41) is 4.14. The van der Waals surface area contributed by atoms with Crippen molar-refractivity contribution in [1.82, 2.24) is 0 Å². The number of nitrogens with one attached hydrogen (secondary N) is 1. The van der Waals surface area contributed by atoms with Gasteiger partial charge >= 0.3 is 0 Å². The first-order chi connectivity index (χ1) is 11.0. The molecule has 0 spiro atoms. The van der Waals surface area contributed by atoms with E-state index in [0.29, 0.717) is 11.4 Å². The van der Waals surface area contributed by atoms with Gasteiger partial charge in [0.05, 0.1) is 13.2 Å². The highest BCUT2D eigenvalue weighted by Gasteiger charge is 2.24. The maximum Gasteiger partial charge on any atom is 0.137 e. The molecule has 2 aromatic carbocycles. The Labute approximate surface area is 142 Å². The number of carbonyl (C=O) groups is 1. The third kappa shape index (κ3) is 4.49. The van der Waals surface area contributed by atoms with Crippen molar-refractivity contribution in [3.63, 3.8) is 0 Å². The van der Waals surface area contributed by atoms with E-state index in [4.69, 9.17) is 16.3 Å². The molecule has 2 unspecified atom stereocenters. The summed E-state index contributed by atoms with van der Waals surface area (Å²) < 4.78 is 5.21. The number of rotatable bonds is 7. The standard InChI is InChI=1S/C19H22ClNO2/c1-4-18(22)13(2)19(14-5-11-17(23-3)12-6-14)21-16-9-7-15(20)8-10-16/h5-13,19,21H,4H2,1-3H3. The van der Waals surface area contributed by atoms with Gasteiger partial charge in [0.2, 0.25) is 0 Å². The fourth-order valence-electron chi connectivity index (χ4n) is 2.54. The molecule has 23 heavy (non-hydrogen) atoms. The predicted molar refractivity (Wildman–Crippen MR) is 95.3 cm³/mol. The maximum absolute atomic E-state index is 12.2. The maximum atomic E-state index is 12.2. The van der Waals surface area contributed by atoms with E-state index in [9.17, 15) is 4.79 Å². The molecule has 0 aliphatic rings. The highest BCUT2D eigenvalue weighted by atomic mass is 35.5. The zero-order valence-electron chi connectivity index (χ0n) is 13.7. The number of ketones is 1. The first kappa shape index (κ1) is 17.4. The van der Waals surface area contributed by atoms with E-state index in [2.05, 4.69) is 5.32 Å². The first-order valence-corrected chi connectivity index (χ1v) is 8.11. The lowest BCUT2D eigenvalue weighted by atomic mass is 9.89. The van der Waals surface area contributed by atoms with Crippen LogP contribution in [0.3, 0.4) is 0 Å². The summed E-state index contributed by atoms with van der Waals surface area (Å²) in [5.41, 5.74) is 1.99. The van der Waals surface area contributed by atoms with Gasteiger partial charge in [0.1, 0.15) is 11.5 Å². The zero-order valence-corrected chi connectivity index (χ0v) is 14.4. The van der Waals surface area contributed by atoms with Gasteiger partial charge in [0.25, 0.3) is 0 Å². The fraction of sp³-hybridized carbons (Fsp3) is 0.316. The minimum atomic E-state index is -0.135. The van der Waals surface area contributed by atoms with Crippen molar-refractivity contribution in [3.05, 3.63) is 59.1 Å². The lowest BCUT2D eigenvalue weighted by Gasteiger charge is -2.26. The molecule has 0 aliphatic carbocycles. The van der Waals surface area contributed by atoms with Crippen LogP contribution < -0.4 is 10.1 Å². The number of halogens is 1. The van der Waals surface area contributed by atoms with Crippen LogP contribution in [0.25, 0.3) is 0 Å². The van der Waals surface area contributed by atoms with Crippen LogP contribution in [0.2, 0.25) is 5.02 Å². The second-order valence-electron chi connectivity index (χ2n) is 5.51. The molecule has 0 fully saturated rings. The SMILES string of the molecule is CCC(=O)C(C)C(Nc1ccc(Cl)cc1)c1ccc(OC)cc1. The summed E-state index contributed by atoms with van der Waals surface area (Å²) in [5.74, 6) is 0.893. The Morgan fingerprint density at radius 2 is 1.74 bits per heavy atom. The van der Waals surface area contributed by atoms with E-state index < -0.39 is 0 Å². The second kappa shape index (κ2) is 8.02. The molecule has 2 aromatic rings. The van der Waals surface area contributed by atoms with E-state index in [-0.39, 0.29) is 17.7 Å². The van der Waals surface area contributed by atoms with Crippen molar-refractivity contribution in [3.8, 4) is 5.75 Å². The molecule has 122 valence electrons. The molecule has 0 aromatic heterocycles. The van der Waals surface area contributed by atoms with E-state index in [1.54, 1.807) is 7.11 Å². The van der Waals surface area contributed by atoms with Crippen LogP contribution in [-0.4, -0.2) is 12.9 Å². The van der Waals surface area contributed by atoms with Gasteiger partial charge in [0, 0.05) is 23.0 Å². The summed E-state index contributed by atoms with van der Waals surface area (Å²) in [7, 11) is 1.64. The Bertz CT molecular complexity index is 637. The van der Waals surface area contributed by atoms with Gasteiger partial charge in [-0.25, -0.2) is 0 Å². The van der Waals surface area contributed by atoms with Crippen LogP contribution >= 0.6 is 11.6 Å². The summed E-state index contributed by atoms with van der Waals surface area (Å²) in [6.07, 6.45) is 0.524. The van der Waals surface area contributed by atoms with Crippen LogP contribution in [-0.2, 0) is 4.79 Å². The third-order valence-electron chi connectivity index (χ3n) is 4.00. The van der Waals surface area contributed by atoms with Gasteiger partial charge in [-0.1, -0.05) is 37.6 Å². The minimum absolute atomic E-state index is 0.102. The molecular weight excluding hydrogens is 310 g/mol. The molecular formula is C19H22ClNO2. The smallest absolute Gasteiger partial charge is 0.137 e. The van der Waals surface area contributed by atoms with Crippen molar-refractivity contribution in [2.75, 3.05) is 12.4 Å². The minimum Gasteiger partial charge on any atom is -0.497 e. The molecule has 0 amide bonds. The fourth-order valence-corrected chi connectivity index (χ4v) is 2.67. The van der Waals surface area contributed by atoms with Crippen molar-refractivity contribution < 1.29 is 9.53 Å². The van der Waals surface area contributed by atoms with Crippen LogP contribution in [0.5, 0.6) is 5.75 Å². The molecule has 1 N–H and O–H groups in total. The third-order valence-corrected chi connectivity index (χ3v) is 4.25. The number of anilines is 1. The highest BCUT2D eigenvalue weighted by Crippen LogP contribution is 2.29. The van der Waals surface area contributed by atoms with E-state index in [0.717, 1.165) is 17.0 Å². The van der Waals surface area contributed by atoms with Gasteiger partial charge < -0.3 is 10.1 Å². The van der Waals surface area contributed by atoms with E-state index in [1.807, 2.05) is 62.4 Å². The van der Waals surface area contributed by atoms with Crippen molar-refractivity contribution in [2.24, 2.45) is 5.92 Å². The number of benzene rings is 2. The number of hydrogen-bond acceptors (Lipinski definition) is 3. The lowest BCUT2D eigenvalue weighted by molar-refractivity contribution is -0.122. The zero-order chi connectivity index (χ0) is 16.8. The summed E-state index contributed by atoms with van der Waals surface area (Å²) in [6.45, 7) is 3.86. The first-order valence-electron chi connectivity index (χ1n) is 7.74. The van der Waals surface area contributed by atoms with Crippen LogP contribution in [0.4, 0.5) is 5.69 Å². The normalized spacial score (nSPS) is 13.2. The quantitative estimate of drug-likeness (QED) is 0.765. The summed E-state index contributed by atoms with van der Waals surface area (Å²) in [4.78, 5) is 12.2. The largest absolute Gasteiger partial charge is 0.497 e. The molecule has 3 nitrogen and oxygen atoms in total. The summed E-state index contributed by atoms with van der Waals surface area (Å²) >= 11 is 5.94. The molecule has 0 bridgehead atoms. The van der Waals surface area contributed by atoms with Gasteiger partial charge in [-0.05, 0) is 42.0 Å². The Kier molecular flexibility index (Phi) is 6.05. The Balaban J connectivity index is 2.30. The van der Waals surface area contributed by atoms with E-state index in [1.165, 1.54) is 0 Å². The van der Waals surface area contributed by atoms with Gasteiger partial charge in [-0.2, -0.15) is 0 Å². The van der Waals surface area contributed by atoms with Crippen LogP contribution in [0.1, 0.15) is 31.9 Å². The number of ether oxygens (including phenoxy) is 1. The number of methoxy groups -OCH3 is 1. The van der Waals surface area contributed by atoms with Gasteiger partial charge in [0.15, 0.2) is 0 Å². The van der Waals surface area contributed by atoms with Crippen molar-refractivity contribution >= 4 is 23.1 Å². The topological polar surface area (TPSA) is 38.3 Å². The van der Waals surface area contributed by atoms with Gasteiger partial charge in [-0.15, -0.1) is 0 Å². The highest BCUT2D eigenvalue weighted by molar-refractivity contribution is 6.30. The summed E-state index contributed by atoms with van der Waals surface area (Å²) in [6, 6.07) is 15.2. The number of carbonyl (C=O) groups excluding carboxylic acids is 1. The Hall–Kier alpha value is -2.00. The van der Waals surface area contributed by atoms with Crippen LogP contribution in [0.15, 0.2) is 48.5 Å². The molecule has 4 heteroatoms. The lowest BCUT2D eigenvalue weighted by Crippen LogP contribution is -2.25. The molecule has 2 atom stereocenters.